The molecule has 2 aliphatic rings. The van der Waals surface area contributed by atoms with Crippen molar-refractivity contribution in [1.29, 1.82) is 0 Å². The highest BCUT2D eigenvalue weighted by atomic mass is 15.3. The molecule has 0 radical (unpaired) electrons. The molecule has 6 rings (SSSR count). The monoisotopic (exact) mass is 402 g/mol. The first kappa shape index (κ1) is 18.9. The summed E-state index contributed by atoms with van der Waals surface area (Å²) >= 11 is 0. The Hall–Kier alpha value is -3.13. The van der Waals surface area contributed by atoms with Gasteiger partial charge in [-0.3, -0.25) is 4.98 Å². The van der Waals surface area contributed by atoms with Gasteiger partial charge in [-0.1, -0.05) is 12.8 Å². The second-order valence-corrected chi connectivity index (χ2v) is 7.98. The molecule has 154 valence electrons. The molecule has 0 bridgehead atoms. The van der Waals surface area contributed by atoms with E-state index in [1.807, 2.05) is 18.3 Å². The summed E-state index contributed by atoms with van der Waals surface area (Å²) in [6, 6.07) is 4.89. The lowest BCUT2D eigenvalue weighted by atomic mass is 9.90. The summed E-state index contributed by atoms with van der Waals surface area (Å²) in [5.41, 5.74) is 9.73. The number of aromatic nitrogens is 6. The first-order valence-corrected chi connectivity index (χ1v) is 10.7. The minimum Gasteiger partial charge on any atom is -0.367 e. The van der Waals surface area contributed by atoms with Crippen LogP contribution in [0.4, 0.5) is 5.95 Å². The average molecular weight is 403 g/mol. The summed E-state index contributed by atoms with van der Waals surface area (Å²) in [4.78, 5) is 19.5. The van der Waals surface area contributed by atoms with Crippen LogP contribution in [-0.2, 0) is 0 Å². The molecule has 0 atom stereocenters. The molecule has 1 saturated heterocycles. The van der Waals surface area contributed by atoms with Crippen LogP contribution in [0.1, 0.15) is 38.5 Å². The largest absolute Gasteiger partial charge is 0.367 e. The van der Waals surface area contributed by atoms with Gasteiger partial charge in [-0.25, -0.2) is 19.5 Å². The summed E-state index contributed by atoms with van der Waals surface area (Å²) in [7, 11) is 0. The topological polar surface area (TPSA) is 98.1 Å². The molecule has 30 heavy (non-hydrogen) atoms. The third-order valence-corrected chi connectivity index (χ3v) is 6.05. The molecule has 0 spiro atoms. The molecule has 8 nitrogen and oxygen atoms in total. The van der Waals surface area contributed by atoms with Gasteiger partial charge in [0.25, 0.3) is 0 Å². The normalized spacial score (nSPS) is 17.5. The van der Waals surface area contributed by atoms with E-state index in [1.54, 1.807) is 29.3 Å². The predicted octanol–water partition coefficient (Wildman–Crippen LogP) is 3.34. The first-order chi connectivity index (χ1) is 14.8. The number of fused-ring (bicyclic) bond motifs is 2. The van der Waals surface area contributed by atoms with Crippen LogP contribution in [0.3, 0.4) is 0 Å². The summed E-state index contributed by atoms with van der Waals surface area (Å²) in [5, 5.41) is 4.12. The molecular weight excluding hydrogens is 376 g/mol. The molecule has 2 N–H and O–H groups in total. The third-order valence-electron chi connectivity index (χ3n) is 6.05. The van der Waals surface area contributed by atoms with Crippen molar-refractivity contribution in [2.75, 3.05) is 18.8 Å². The maximum absolute atomic E-state index is 5.57. The lowest BCUT2D eigenvalue weighted by Gasteiger charge is -2.39. The van der Waals surface area contributed by atoms with Gasteiger partial charge in [0.05, 0.1) is 11.7 Å². The van der Waals surface area contributed by atoms with Crippen LogP contribution < -0.4 is 5.73 Å². The van der Waals surface area contributed by atoms with Crippen molar-refractivity contribution in [2.45, 2.75) is 44.6 Å². The zero-order valence-corrected chi connectivity index (χ0v) is 17.0. The molecule has 2 fully saturated rings. The Morgan fingerprint density at radius 2 is 1.73 bits per heavy atom. The van der Waals surface area contributed by atoms with Crippen LogP contribution >= 0.6 is 0 Å². The Bertz CT molecular complexity index is 1140. The van der Waals surface area contributed by atoms with Crippen molar-refractivity contribution in [3.8, 4) is 11.1 Å². The number of piperidine rings is 1. The van der Waals surface area contributed by atoms with Crippen molar-refractivity contribution in [3.63, 3.8) is 0 Å². The fourth-order valence-electron chi connectivity index (χ4n) is 4.20. The number of hydrogen-bond acceptors (Lipinski definition) is 7. The lowest BCUT2D eigenvalue weighted by Crippen LogP contribution is -2.42. The van der Waals surface area contributed by atoms with E-state index >= 15 is 0 Å². The Balaban J connectivity index is 0.000000161. The number of hydrogen-bond donors (Lipinski definition) is 1. The van der Waals surface area contributed by atoms with Crippen molar-refractivity contribution >= 4 is 22.6 Å². The van der Waals surface area contributed by atoms with Crippen LogP contribution in [0, 0.1) is 0 Å². The zero-order chi connectivity index (χ0) is 20.3. The van der Waals surface area contributed by atoms with E-state index < -0.39 is 0 Å². The summed E-state index contributed by atoms with van der Waals surface area (Å²) < 4.78 is 1.69. The standard InChI is InChI=1S/C13H9N7.C9H17N/c14-13-18-7-11-9(1-4-20(11)19-13)8-5-10-12(17-6-8)16-3-2-15-10;1-2-7-10(8-3-1)9-5-4-6-9/h1-7H,(H2,14,19);9H,1-8H2. The number of nitrogens with two attached hydrogens (primary N) is 1. The number of nitrogen functional groups attached to an aromatic ring is 1. The minimum absolute atomic E-state index is 0.238. The van der Waals surface area contributed by atoms with Gasteiger partial charge in [0.2, 0.25) is 5.95 Å². The number of pyridine rings is 1. The van der Waals surface area contributed by atoms with Crippen LogP contribution in [0.2, 0.25) is 0 Å². The van der Waals surface area contributed by atoms with E-state index in [-0.39, 0.29) is 5.95 Å². The van der Waals surface area contributed by atoms with E-state index in [9.17, 15) is 0 Å². The van der Waals surface area contributed by atoms with Gasteiger partial charge in [-0.15, -0.1) is 5.10 Å². The number of rotatable bonds is 2. The molecule has 4 aromatic heterocycles. The van der Waals surface area contributed by atoms with E-state index in [1.165, 1.54) is 51.6 Å². The highest BCUT2D eigenvalue weighted by Gasteiger charge is 2.25. The van der Waals surface area contributed by atoms with Crippen LogP contribution in [0.15, 0.2) is 43.1 Å². The first-order valence-electron chi connectivity index (χ1n) is 10.7. The van der Waals surface area contributed by atoms with Gasteiger partial charge in [0.15, 0.2) is 5.65 Å². The molecule has 0 unspecified atom stereocenters. The Morgan fingerprint density at radius 3 is 2.53 bits per heavy atom. The number of anilines is 1. The Kier molecular flexibility index (Phi) is 5.23. The maximum atomic E-state index is 5.57. The molecule has 4 aromatic rings. The average Bonchev–Trinajstić information content (AvgIpc) is 3.16. The van der Waals surface area contributed by atoms with E-state index in [4.69, 9.17) is 5.73 Å². The maximum Gasteiger partial charge on any atom is 0.238 e. The van der Waals surface area contributed by atoms with Crippen molar-refractivity contribution < 1.29 is 0 Å². The smallest absolute Gasteiger partial charge is 0.238 e. The molecule has 0 aromatic carbocycles. The van der Waals surface area contributed by atoms with Gasteiger partial charge in [0, 0.05) is 42.0 Å². The van der Waals surface area contributed by atoms with Gasteiger partial charge in [-0.05, 0) is 50.9 Å². The van der Waals surface area contributed by atoms with Crippen molar-refractivity contribution in [2.24, 2.45) is 0 Å². The Morgan fingerprint density at radius 1 is 0.900 bits per heavy atom. The van der Waals surface area contributed by atoms with Gasteiger partial charge >= 0.3 is 0 Å². The number of nitrogens with zero attached hydrogens (tertiary/aromatic N) is 7. The number of likely N-dealkylation sites (tertiary alicyclic amines) is 1. The van der Waals surface area contributed by atoms with Crippen molar-refractivity contribution in [3.05, 3.63) is 43.1 Å². The lowest BCUT2D eigenvalue weighted by molar-refractivity contribution is 0.105. The highest BCUT2D eigenvalue weighted by Crippen LogP contribution is 2.27. The molecular formula is C22H26N8. The fraction of sp³-hybridized carbons (Fsp3) is 0.409. The molecule has 1 aliphatic heterocycles. The third kappa shape index (κ3) is 3.82. The van der Waals surface area contributed by atoms with E-state index in [0.717, 1.165) is 28.2 Å². The molecule has 1 aliphatic carbocycles. The SMILES string of the molecule is C1CCN(C2CCC2)CC1.Nc1ncc2c(-c3cnc4nccnc4c3)ccn2n1. The quantitative estimate of drug-likeness (QED) is 0.549. The Labute approximate surface area is 175 Å². The summed E-state index contributed by atoms with van der Waals surface area (Å²) in [6.45, 7) is 2.79. The molecule has 0 amide bonds. The predicted molar refractivity (Wildman–Crippen MR) is 117 cm³/mol. The minimum atomic E-state index is 0.238. The van der Waals surface area contributed by atoms with E-state index in [2.05, 4.69) is 29.9 Å². The van der Waals surface area contributed by atoms with Gasteiger partial charge in [-0.2, -0.15) is 0 Å². The van der Waals surface area contributed by atoms with Crippen LogP contribution in [0.5, 0.6) is 0 Å². The highest BCUT2D eigenvalue weighted by molar-refractivity contribution is 5.84. The van der Waals surface area contributed by atoms with Gasteiger partial charge in [0.1, 0.15) is 5.52 Å². The molecule has 5 heterocycles. The van der Waals surface area contributed by atoms with E-state index in [0.29, 0.717) is 5.65 Å². The summed E-state index contributed by atoms with van der Waals surface area (Å²) in [6.07, 6.45) is 17.4. The van der Waals surface area contributed by atoms with Crippen LogP contribution in [-0.4, -0.2) is 53.6 Å². The zero-order valence-electron chi connectivity index (χ0n) is 17.0. The second-order valence-electron chi connectivity index (χ2n) is 7.98. The molecule has 8 heteroatoms. The van der Waals surface area contributed by atoms with Crippen LogP contribution in [0.25, 0.3) is 27.8 Å². The van der Waals surface area contributed by atoms with Crippen molar-refractivity contribution in [1.82, 2.24) is 34.4 Å². The van der Waals surface area contributed by atoms with Gasteiger partial charge < -0.3 is 10.6 Å². The fourth-order valence-corrected chi connectivity index (χ4v) is 4.20. The molecule has 1 saturated carbocycles. The second kappa shape index (κ2) is 8.31. The summed E-state index contributed by atoms with van der Waals surface area (Å²) in [5.74, 6) is 0.238.